The highest BCUT2D eigenvalue weighted by Crippen LogP contribution is 2.32. The fourth-order valence-electron chi connectivity index (χ4n) is 3.07. The van der Waals surface area contributed by atoms with Crippen molar-refractivity contribution in [3.8, 4) is 5.75 Å². The summed E-state index contributed by atoms with van der Waals surface area (Å²) >= 11 is 0. The highest BCUT2D eigenvalue weighted by Gasteiger charge is 2.20. The van der Waals surface area contributed by atoms with E-state index < -0.39 is 0 Å². The lowest BCUT2D eigenvalue weighted by Crippen LogP contribution is -2.29. The van der Waals surface area contributed by atoms with Gasteiger partial charge in [-0.2, -0.15) is 0 Å². The number of nitrogens with zero attached hydrogens (tertiary/aromatic N) is 1. The normalized spacial score (nSPS) is 19.6. The van der Waals surface area contributed by atoms with E-state index >= 15 is 0 Å². The molecule has 1 unspecified atom stereocenters. The lowest BCUT2D eigenvalue weighted by Gasteiger charge is -2.33. The average molecular weight is 292 g/mol. The number of rotatable bonds is 2. The van der Waals surface area contributed by atoms with Crippen LogP contribution in [0.1, 0.15) is 30.9 Å². The molecule has 1 saturated heterocycles. The summed E-state index contributed by atoms with van der Waals surface area (Å²) < 4.78 is 5.28. The molecular weight excluding hydrogens is 270 g/mol. The highest BCUT2D eigenvalue weighted by molar-refractivity contribution is 5.85. The summed E-state index contributed by atoms with van der Waals surface area (Å²) in [6.45, 7) is 1.21. The summed E-state index contributed by atoms with van der Waals surface area (Å²) in [6.07, 6.45) is 3.95. The molecular formula is C17H22ClNO. The minimum Gasteiger partial charge on any atom is -0.497 e. The third-order valence-electron chi connectivity index (χ3n) is 4.23. The number of methoxy groups -OCH3 is 1. The lowest BCUT2D eigenvalue weighted by atomic mass is 9.94. The maximum absolute atomic E-state index is 5.28. The monoisotopic (exact) mass is 291 g/mol. The molecule has 0 aliphatic carbocycles. The first-order valence-corrected chi connectivity index (χ1v) is 7.06. The second-order valence-electron chi connectivity index (χ2n) is 5.46. The fourth-order valence-corrected chi connectivity index (χ4v) is 3.07. The molecule has 20 heavy (non-hydrogen) atoms. The van der Waals surface area contributed by atoms with Crippen LogP contribution in [0.3, 0.4) is 0 Å². The van der Waals surface area contributed by atoms with E-state index in [1.165, 1.54) is 42.1 Å². The maximum Gasteiger partial charge on any atom is 0.119 e. The van der Waals surface area contributed by atoms with Gasteiger partial charge >= 0.3 is 0 Å². The van der Waals surface area contributed by atoms with E-state index in [9.17, 15) is 0 Å². The molecule has 0 radical (unpaired) electrons. The first-order valence-electron chi connectivity index (χ1n) is 7.06. The van der Waals surface area contributed by atoms with Gasteiger partial charge < -0.3 is 4.74 Å². The molecule has 2 aromatic rings. The minimum atomic E-state index is 0. The van der Waals surface area contributed by atoms with Crippen molar-refractivity contribution in [1.29, 1.82) is 0 Å². The SMILES string of the molecule is COc1ccc2cc(C3CCCCN3C)ccc2c1.Cl. The van der Waals surface area contributed by atoms with Gasteiger partial charge in [0, 0.05) is 6.04 Å². The summed E-state index contributed by atoms with van der Waals surface area (Å²) in [7, 11) is 3.95. The van der Waals surface area contributed by atoms with E-state index in [0.29, 0.717) is 6.04 Å². The molecule has 0 N–H and O–H groups in total. The number of benzene rings is 2. The second kappa shape index (κ2) is 6.47. The van der Waals surface area contributed by atoms with Crippen LogP contribution in [0.25, 0.3) is 10.8 Å². The summed E-state index contributed by atoms with van der Waals surface area (Å²) in [5.41, 5.74) is 1.44. The van der Waals surface area contributed by atoms with Crippen LogP contribution in [0.5, 0.6) is 5.75 Å². The average Bonchev–Trinajstić information content (AvgIpc) is 2.46. The van der Waals surface area contributed by atoms with Crippen molar-refractivity contribution in [3.63, 3.8) is 0 Å². The second-order valence-corrected chi connectivity index (χ2v) is 5.46. The van der Waals surface area contributed by atoms with Crippen LogP contribution >= 0.6 is 12.4 Å². The van der Waals surface area contributed by atoms with E-state index in [4.69, 9.17) is 4.74 Å². The smallest absolute Gasteiger partial charge is 0.119 e. The zero-order chi connectivity index (χ0) is 13.2. The number of ether oxygens (including phenoxy) is 1. The summed E-state index contributed by atoms with van der Waals surface area (Å²) in [5.74, 6) is 0.926. The Balaban J connectivity index is 0.00000147. The van der Waals surface area contributed by atoms with Crippen LogP contribution in [0.4, 0.5) is 0 Å². The van der Waals surface area contributed by atoms with Crippen LogP contribution in [0, 0.1) is 0 Å². The molecule has 0 bridgehead atoms. The van der Waals surface area contributed by atoms with E-state index in [-0.39, 0.29) is 12.4 Å². The molecule has 1 heterocycles. The molecule has 1 aliphatic rings. The van der Waals surface area contributed by atoms with Gasteiger partial charge in [0.2, 0.25) is 0 Å². The van der Waals surface area contributed by atoms with E-state index in [2.05, 4.69) is 42.3 Å². The van der Waals surface area contributed by atoms with E-state index in [0.717, 1.165) is 5.75 Å². The molecule has 1 fully saturated rings. The molecule has 0 amide bonds. The Morgan fingerprint density at radius 1 is 1.05 bits per heavy atom. The van der Waals surface area contributed by atoms with Gasteiger partial charge in [-0.3, -0.25) is 4.90 Å². The van der Waals surface area contributed by atoms with Crippen molar-refractivity contribution in [1.82, 2.24) is 4.90 Å². The van der Waals surface area contributed by atoms with Crippen LogP contribution in [0.2, 0.25) is 0 Å². The number of fused-ring (bicyclic) bond motifs is 1. The van der Waals surface area contributed by atoms with Crippen LogP contribution in [-0.4, -0.2) is 25.6 Å². The first-order chi connectivity index (χ1) is 9.28. The van der Waals surface area contributed by atoms with Gasteiger partial charge in [0.05, 0.1) is 7.11 Å². The fraction of sp³-hybridized carbons (Fsp3) is 0.412. The number of hydrogen-bond acceptors (Lipinski definition) is 2. The number of piperidine rings is 1. The van der Waals surface area contributed by atoms with Crippen LogP contribution in [0.15, 0.2) is 36.4 Å². The quantitative estimate of drug-likeness (QED) is 0.812. The minimum absolute atomic E-state index is 0. The topological polar surface area (TPSA) is 12.5 Å². The maximum atomic E-state index is 5.28. The Morgan fingerprint density at radius 3 is 2.55 bits per heavy atom. The van der Waals surface area contributed by atoms with Crippen molar-refractivity contribution in [2.24, 2.45) is 0 Å². The molecule has 108 valence electrons. The van der Waals surface area contributed by atoms with Crippen molar-refractivity contribution >= 4 is 23.2 Å². The molecule has 1 atom stereocenters. The number of halogens is 1. The van der Waals surface area contributed by atoms with Gasteiger partial charge in [-0.25, -0.2) is 0 Å². The predicted octanol–water partition coefficient (Wildman–Crippen LogP) is 4.43. The first kappa shape index (κ1) is 15.1. The Bertz CT molecular complexity index is 584. The Morgan fingerprint density at radius 2 is 1.80 bits per heavy atom. The standard InChI is InChI=1S/C17H21NO.ClH/c1-18-10-4-3-5-17(18)15-7-6-14-12-16(19-2)9-8-13(14)11-15;/h6-9,11-12,17H,3-5,10H2,1-2H3;1H. The zero-order valence-electron chi connectivity index (χ0n) is 12.1. The summed E-state index contributed by atoms with van der Waals surface area (Å²) in [5, 5.41) is 2.55. The molecule has 3 heteroatoms. The third-order valence-corrected chi connectivity index (χ3v) is 4.23. The van der Waals surface area contributed by atoms with Gasteiger partial charge in [-0.05, 0) is 61.0 Å². The molecule has 0 saturated carbocycles. The molecule has 0 spiro atoms. The van der Waals surface area contributed by atoms with Crippen molar-refractivity contribution in [3.05, 3.63) is 42.0 Å². The summed E-state index contributed by atoms with van der Waals surface area (Å²) in [6, 6.07) is 13.7. The van der Waals surface area contributed by atoms with Gasteiger partial charge in [0.25, 0.3) is 0 Å². The van der Waals surface area contributed by atoms with Gasteiger partial charge in [-0.1, -0.05) is 24.6 Å². The van der Waals surface area contributed by atoms with Crippen LogP contribution in [-0.2, 0) is 0 Å². The number of hydrogen-bond donors (Lipinski definition) is 0. The third kappa shape index (κ3) is 2.92. The van der Waals surface area contributed by atoms with Gasteiger partial charge in [-0.15, -0.1) is 12.4 Å². The van der Waals surface area contributed by atoms with E-state index in [1.54, 1.807) is 7.11 Å². The molecule has 2 nitrogen and oxygen atoms in total. The molecule has 3 rings (SSSR count). The van der Waals surface area contributed by atoms with Crippen molar-refractivity contribution in [2.75, 3.05) is 20.7 Å². The largest absolute Gasteiger partial charge is 0.497 e. The molecule has 1 aliphatic heterocycles. The Kier molecular flexibility index (Phi) is 4.90. The summed E-state index contributed by atoms with van der Waals surface area (Å²) in [4.78, 5) is 2.48. The number of likely N-dealkylation sites (tertiary alicyclic amines) is 1. The molecule has 0 aromatic heterocycles. The van der Waals surface area contributed by atoms with E-state index in [1.807, 2.05) is 6.07 Å². The van der Waals surface area contributed by atoms with Gasteiger partial charge in [0.15, 0.2) is 0 Å². The highest BCUT2D eigenvalue weighted by atomic mass is 35.5. The predicted molar refractivity (Wildman–Crippen MR) is 87.0 cm³/mol. The Labute approximate surface area is 127 Å². The van der Waals surface area contributed by atoms with Crippen molar-refractivity contribution in [2.45, 2.75) is 25.3 Å². The lowest BCUT2D eigenvalue weighted by molar-refractivity contribution is 0.187. The Hall–Kier alpha value is -1.25. The molecule has 2 aromatic carbocycles. The van der Waals surface area contributed by atoms with Crippen LogP contribution < -0.4 is 4.74 Å². The van der Waals surface area contributed by atoms with Gasteiger partial charge in [0.1, 0.15) is 5.75 Å². The van der Waals surface area contributed by atoms with Crippen molar-refractivity contribution < 1.29 is 4.74 Å². The zero-order valence-corrected chi connectivity index (χ0v) is 13.0.